The topological polar surface area (TPSA) is 20.2 Å². The summed E-state index contributed by atoms with van der Waals surface area (Å²) in [6.07, 6.45) is 14.1. The Bertz CT molecular complexity index is 271. The minimum Gasteiger partial charge on any atom is -0.512 e. The average Bonchev–Trinajstić information content (AvgIpc) is 2.20. The van der Waals surface area contributed by atoms with Crippen molar-refractivity contribution in [2.75, 3.05) is 0 Å². The van der Waals surface area contributed by atoms with Crippen LogP contribution in [0, 0.1) is 5.92 Å². The van der Waals surface area contributed by atoms with Crippen LogP contribution in [0.1, 0.15) is 32.1 Å². The third-order valence-electron chi connectivity index (χ3n) is 2.89. The minimum atomic E-state index is 0.571. The summed E-state index contributed by atoms with van der Waals surface area (Å²) in [7, 11) is 0. The van der Waals surface area contributed by atoms with Crippen LogP contribution in [0.2, 0.25) is 0 Å². The first-order valence-corrected chi connectivity index (χ1v) is 5.11. The Hall–Kier alpha value is -0.980. The lowest BCUT2D eigenvalue weighted by atomic mass is 9.84. The molecule has 0 aromatic carbocycles. The summed E-state index contributed by atoms with van der Waals surface area (Å²) in [4.78, 5) is 0. The maximum absolute atomic E-state index is 9.73. The molecule has 1 atom stereocenters. The molecular formula is C12H16O. The molecular weight excluding hydrogens is 160 g/mol. The molecule has 0 saturated heterocycles. The highest BCUT2D eigenvalue weighted by Crippen LogP contribution is 2.31. The van der Waals surface area contributed by atoms with Crippen molar-refractivity contribution in [2.45, 2.75) is 32.1 Å². The van der Waals surface area contributed by atoms with Gasteiger partial charge in [0.2, 0.25) is 0 Å². The third-order valence-corrected chi connectivity index (χ3v) is 2.89. The zero-order valence-corrected chi connectivity index (χ0v) is 7.87. The molecule has 1 unspecified atom stereocenters. The van der Waals surface area contributed by atoms with Crippen molar-refractivity contribution in [3.63, 3.8) is 0 Å². The van der Waals surface area contributed by atoms with Gasteiger partial charge in [-0.2, -0.15) is 0 Å². The summed E-state index contributed by atoms with van der Waals surface area (Å²) in [6, 6.07) is 0. The normalized spacial score (nSPS) is 28.2. The Morgan fingerprint density at radius 1 is 1.15 bits per heavy atom. The van der Waals surface area contributed by atoms with E-state index in [1.165, 1.54) is 12.0 Å². The number of hydrogen-bond donors (Lipinski definition) is 1. The molecule has 0 aromatic heterocycles. The van der Waals surface area contributed by atoms with E-state index in [9.17, 15) is 5.11 Å². The molecule has 1 N–H and O–H groups in total. The fourth-order valence-electron chi connectivity index (χ4n) is 2.12. The molecule has 0 radical (unpaired) electrons. The monoisotopic (exact) mass is 176 g/mol. The molecule has 1 nitrogen and oxygen atoms in total. The Morgan fingerprint density at radius 3 is 2.77 bits per heavy atom. The Balaban J connectivity index is 2.14. The summed E-state index contributed by atoms with van der Waals surface area (Å²) in [6.45, 7) is 0. The van der Waals surface area contributed by atoms with Gasteiger partial charge in [0.05, 0.1) is 5.76 Å². The average molecular weight is 176 g/mol. The summed E-state index contributed by atoms with van der Waals surface area (Å²) >= 11 is 0. The van der Waals surface area contributed by atoms with Crippen LogP contribution in [0.3, 0.4) is 0 Å². The highest BCUT2D eigenvalue weighted by Gasteiger charge is 2.18. The molecule has 70 valence electrons. The van der Waals surface area contributed by atoms with Gasteiger partial charge in [-0.3, -0.25) is 0 Å². The Morgan fingerprint density at radius 2 is 2.08 bits per heavy atom. The van der Waals surface area contributed by atoms with Crippen molar-refractivity contribution >= 4 is 0 Å². The fourth-order valence-corrected chi connectivity index (χ4v) is 2.12. The van der Waals surface area contributed by atoms with E-state index in [1.54, 1.807) is 0 Å². The number of rotatable bonds is 1. The van der Waals surface area contributed by atoms with Gasteiger partial charge in [0.25, 0.3) is 0 Å². The predicted molar refractivity (Wildman–Crippen MR) is 54.5 cm³/mol. The molecule has 2 rings (SSSR count). The Kier molecular flexibility index (Phi) is 2.53. The summed E-state index contributed by atoms with van der Waals surface area (Å²) in [5, 5.41) is 9.73. The first-order chi connectivity index (χ1) is 6.38. The zero-order chi connectivity index (χ0) is 9.10. The SMILES string of the molecule is OC1=C(C2CC=CCC2)C=CCC1. The maximum atomic E-state index is 9.73. The van der Waals surface area contributed by atoms with E-state index in [1.807, 2.05) is 0 Å². The lowest BCUT2D eigenvalue weighted by Gasteiger charge is -2.22. The maximum Gasteiger partial charge on any atom is 0.0960 e. The van der Waals surface area contributed by atoms with Crippen LogP contribution in [-0.4, -0.2) is 5.11 Å². The van der Waals surface area contributed by atoms with Crippen LogP contribution in [0.25, 0.3) is 0 Å². The molecule has 1 heteroatoms. The van der Waals surface area contributed by atoms with E-state index in [0.29, 0.717) is 11.7 Å². The van der Waals surface area contributed by atoms with Crippen molar-refractivity contribution in [3.8, 4) is 0 Å². The van der Waals surface area contributed by atoms with Gasteiger partial charge < -0.3 is 5.11 Å². The molecule has 0 aromatic rings. The van der Waals surface area contributed by atoms with Crippen LogP contribution < -0.4 is 0 Å². The largest absolute Gasteiger partial charge is 0.512 e. The van der Waals surface area contributed by atoms with Gasteiger partial charge in [-0.25, -0.2) is 0 Å². The lowest BCUT2D eigenvalue weighted by molar-refractivity contribution is 0.367. The number of allylic oxidation sites excluding steroid dienone is 6. The highest BCUT2D eigenvalue weighted by atomic mass is 16.3. The molecule has 2 aliphatic rings. The van der Waals surface area contributed by atoms with Crippen molar-refractivity contribution in [3.05, 3.63) is 35.6 Å². The number of hydrogen-bond acceptors (Lipinski definition) is 1. The summed E-state index contributed by atoms with van der Waals surface area (Å²) < 4.78 is 0. The van der Waals surface area contributed by atoms with Crippen molar-refractivity contribution in [1.82, 2.24) is 0 Å². The van der Waals surface area contributed by atoms with Crippen LogP contribution in [0.15, 0.2) is 35.6 Å². The molecule has 0 amide bonds. The quantitative estimate of drug-likeness (QED) is 0.606. The molecule has 0 aliphatic heterocycles. The highest BCUT2D eigenvalue weighted by molar-refractivity contribution is 5.29. The van der Waals surface area contributed by atoms with Crippen LogP contribution >= 0.6 is 0 Å². The second kappa shape index (κ2) is 3.82. The standard InChI is InChI=1S/C12H16O/c13-12-9-5-4-8-11(12)10-6-2-1-3-7-10/h1-2,4,8,10,13H,3,5-7,9H2. The summed E-state index contributed by atoms with van der Waals surface area (Å²) in [5.41, 5.74) is 1.19. The molecule has 0 bridgehead atoms. The molecule has 2 aliphatic carbocycles. The second-order valence-electron chi connectivity index (χ2n) is 3.82. The van der Waals surface area contributed by atoms with E-state index < -0.39 is 0 Å². The van der Waals surface area contributed by atoms with Crippen LogP contribution in [-0.2, 0) is 0 Å². The van der Waals surface area contributed by atoms with Gasteiger partial charge in [-0.1, -0.05) is 24.3 Å². The minimum absolute atomic E-state index is 0.571. The molecule has 0 saturated carbocycles. The third kappa shape index (κ3) is 1.85. The van der Waals surface area contributed by atoms with Crippen molar-refractivity contribution in [2.24, 2.45) is 5.92 Å². The van der Waals surface area contributed by atoms with E-state index in [-0.39, 0.29) is 0 Å². The van der Waals surface area contributed by atoms with E-state index in [2.05, 4.69) is 24.3 Å². The first kappa shape index (κ1) is 8.61. The Labute approximate surface area is 79.5 Å². The van der Waals surface area contributed by atoms with Gasteiger partial charge in [0.1, 0.15) is 0 Å². The number of aliphatic hydroxyl groups excluding tert-OH is 1. The smallest absolute Gasteiger partial charge is 0.0960 e. The number of aliphatic hydroxyl groups is 1. The predicted octanol–water partition coefficient (Wildman–Crippen LogP) is 3.50. The van der Waals surface area contributed by atoms with Gasteiger partial charge in [-0.15, -0.1) is 0 Å². The van der Waals surface area contributed by atoms with Gasteiger partial charge in [-0.05, 0) is 37.2 Å². The first-order valence-electron chi connectivity index (χ1n) is 5.11. The van der Waals surface area contributed by atoms with Crippen molar-refractivity contribution < 1.29 is 5.11 Å². The summed E-state index contributed by atoms with van der Waals surface area (Å²) in [5.74, 6) is 1.20. The van der Waals surface area contributed by atoms with Crippen molar-refractivity contribution in [1.29, 1.82) is 0 Å². The van der Waals surface area contributed by atoms with E-state index >= 15 is 0 Å². The van der Waals surface area contributed by atoms with Crippen LogP contribution in [0.4, 0.5) is 0 Å². The van der Waals surface area contributed by atoms with Crippen LogP contribution in [0.5, 0.6) is 0 Å². The van der Waals surface area contributed by atoms with E-state index in [0.717, 1.165) is 25.7 Å². The molecule has 13 heavy (non-hydrogen) atoms. The van der Waals surface area contributed by atoms with Gasteiger partial charge in [0, 0.05) is 6.42 Å². The fraction of sp³-hybridized carbons (Fsp3) is 0.500. The molecule has 0 fully saturated rings. The molecule has 0 spiro atoms. The molecule has 0 heterocycles. The lowest BCUT2D eigenvalue weighted by Crippen LogP contribution is -2.09. The van der Waals surface area contributed by atoms with Gasteiger partial charge in [0.15, 0.2) is 0 Å². The second-order valence-corrected chi connectivity index (χ2v) is 3.82. The van der Waals surface area contributed by atoms with E-state index in [4.69, 9.17) is 0 Å². The van der Waals surface area contributed by atoms with Gasteiger partial charge >= 0.3 is 0 Å². The zero-order valence-electron chi connectivity index (χ0n) is 7.87.